The van der Waals surface area contributed by atoms with Crippen molar-refractivity contribution in [2.45, 2.75) is 58.8 Å². The van der Waals surface area contributed by atoms with Gasteiger partial charge in [0.15, 0.2) is 0 Å². The normalized spacial score (nSPS) is 18.6. The van der Waals surface area contributed by atoms with E-state index in [2.05, 4.69) is 86.7 Å². The molecule has 2 aromatic carbocycles. The van der Waals surface area contributed by atoms with Gasteiger partial charge in [0, 0.05) is 28.0 Å². The van der Waals surface area contributed by atoms with E-state index in [-0.39, 0.29) is 0 Å². The molecule has 1 unspecified atom stereocenters. The van der Waals surface area contributed by atoms with Crippen LogP contribution in [0.2, 0.25) is 0 Å². The molecule has 0 fully saturated rings. The van der Waals surface area contributed by atoms with Crippen molar-refractivity contribution in [3.63, 3.8) is 0 Å². The zero-order chi connectivity index (χ0) is 32.2. The first-order chi connectivity index (χ1) is 23.1. The van der Waals surface area contributed by atoms with Crippen molar-refractivity contribution in [1.29, 1.82) is 0 Å². The fourth-order valence-corrected chi connectivity index (χ4v) is 6.89. The fourth-order valence-electron chi connectivity index (χ4n) is 6.89. The first-order valence-corrected chi connectivity index (χ1v) is 17.1. The molecule has 5 aliphatic rings. The summed E-state index contributed by atoms with van der Waals surface area (Å²) in [7, 11) is 0. The van der Waals surface area contributed by atoms with Crippen LogP contribution in [0.25, 0.3) is 11.1 Å². The molecule has 0 spiro atoms. The summed E-state index contributed by atoms with van der Waals surface area (Å²) in [5.74, 6) is 0.346. The van der Waals surface area contributed by atoms with Gasteiger partial charge in [-0.1, -0.05) is 94.5 Å². The minimum atomic E-state index is 0.346. The molecule has 7 rings (SSSR count). The van der Waals surface area contributed by atoms with E-state index < -0.39 is 0 Å². The molecule has 1 atom stereocenters. The van der Waals surface area contributed by atoms with E-state index in [0.29, 0.717) is 11.6 Å². The van der Waals surface area contributed by atoms with Crippen LogP contribution in [0.1, 0.15) is 69.9 Å². The molecule has 2 aromatic rings. The average Bonchev–Trinajstić information content (AvgIpc) is 3.92. The molecule has 2 N–H and O–H groups in total. The number of hydrogen-bond acceptors (Lipinski definition) is 5. The molecule has 8 bridgehead atoms. The van der Waals surface area contributed by atoms with E-state index in [9.17, 15) is 0 Å². The van der Waals surface area contributed by atoms with E-state index >= 15 is 0 Å². The van der Waals surface area contributed by atoms with Crippen LogP contribution in [0.15, 0.2) is 158 Å². The summed E-state index contributed by atoms with van der Waals surface area (Å²) in [5, 5.41) is 0. The molecular weight excluding hydrogens is 574 g/mol. The van der Waals surface area contributed by atoms with Crippen molar-refractivity contribution in [1.82, 2.24) is 0 Å². The number of unbranched alkanes of at least 4 members (excludes halogenated alkanes) is 3. The van der Waals surface area contributed by atoms with Crippen molar-refractivity contribution in [3.8, 4) is 0 Å². The fraction of sp³-hybridized carbons (Fsp3) is 0.238. The Bertz CT molecular complexity index is 1960. The third-order valence-corrected chi connectivity index (χ3v) is 9.24. The lowest BCUT2D eigenvalue weighted by Crippen LogP contribution is -2.14. The minimum absolute atomic E-state index is 0.346. The minimum Gasteiger partial charge on any atom is -0.398 e. The predicted molar refractivity (Wildman–Crippen MR) is 200 cm³/mol. The SMILES string of the molecule is CCCCCC(CCCC)C1=C2C=CC(=N2)C(c2ccccc2N)=C2C=CC(=N2)C=C2C=CC(=N2)C(c2ccccc2)=C2C=CC1=N2. The van der Waals surface area contributed by atoms with E-state index in [0.717, 1.165) is 93.6 Å². The third kappa shape index (κ3) is 6.31. The van der Waals surface area contributed by atoms with Crippen molar-refractivity contribution in [3.05, 3.63) is 149 Å². The van der Waals surface area contributed by atoms with Crippen molar-refractivity contribution < 1.29 is 0 Å². The van der Waals surface area contributed by atoms with Gasteiger partial charge in [-0.2, -0.15) is 0 Å². The maximum absolute atomic E-state index is 6.60. The van der Waals surface area contributed by atoms with Crippen molar-refractivity contribution in [2.75, 3.05) is 5.73 Å². The number of nitrogens with two attached hydrogens (primary N) is 1. The van der Waals surface area contributed by atoms with Gasteiger partial charge in [-0.15, -0.1) is 0 Å². The average molecular weight is 616 g/mol. The lowest BCUT2D eigenvalue weighted by atomic mass is 9.84. The van der Waals surface area contributed by atoms with Crippen LogP contribution in [-0.4, -0.2) is 22.8 Å². The van der Waals surface area contributed by atoms with Crippen LogP contribution >= 0.6 is 0 Å². The number of benzene rings is 2. The highest BCUT2D eigenvalue weighted by Gasteiger charge is 2.28. The number of nitrogens with zero attached hydrogens (tertiary/aromatic N) is 4. The van der Waals surface area contributed by atoms with Gasteiger partial charge < -0.3 is 5.73 Å². The second kappa shape index (κ2) is 13.7. The number of para-hydroxylation sites is 1. The molecule has 5 aliphatic heterocycles. The summed E-state index contributed by atoms with van der Waals surface area (Å²) >= 11 is 0. The van der Waals surface area contributed by atoms with Crippen LogP contribution in [0.5, 0.6) is 0 Å². The number of hydrogen-bond donors (Lipinski definition) is 1. The second-order valence-corrected chi connectivity index (χ2v) is 12.5. The summed E-state index contributed by atoms with van der Waals surface area (Å²) < 4.78 is 0. The van der Waals surface area contributed by atoms with Gasteiger partial charge in [-0.25, -0.2) is 20.0 Å². The Kier molecular flexibility index (Phi) is 8.87. The molecule has 0 radical (unpaired) electrons. The highest BCUT2D eigenvalue weighted by Crippen LogP contribution is 2.38. The molecule has 0 saturated heterocycles. The van der Waals surface area contributed by atoms with Crippen LogP contribution in [0.4, 0.5) is 5.69 Å². The number of fused-ring (bicyclic) bond motifs is 4. The molecule has 5 heterocycles. The van der Waals surface area contributed by atoms with Crippen molar-refractivity contribution >= 4 is 39.7 Å². The molecule has 0 saturated carbocycles. The largest absolute Gasteiger partial charge is 0.398 e. The first-order valence-electron chi connectivity index (χ1n) is 17.1. The Morgan fingerprint density at radius 3 is 2.06 bits per heavy atom. The molecule has 47 heavy (non-hydrogen) atoms. The Balaban J connectivity index is 1.49. The maximum Gasteiger partial charge on any atom is 0.0738 e. The number of allylic oxidation sites excluding steroid dienone is 12. The smallest absolute Gasteiger partial charge is 0.0738 e. The Morgan fingerprint density at radius 1 is 0.574 bits per heavy atom. The molecule has 5 heteroatoms. The Morgan fingerprint density at radius 2 is 1.23 bits per heavy atom. The van der Waals surface area contributed by atoms with E-state index in [1.54, 1.807) is 0 Å². The summed E-state index contributed by atoms with van der Waals surface area (Å²) in [4.78, 5) is 21.0. The predicted octanol–water partition coefficient (Wildman–Crippen LogP) is 9.97. The lowest BCUT2D eigenvalue weighted by Gasteiger charge is -2.21. The van der Waals surface area contributed by atoms with Gasteiger partial charge in [0.25, 0.3) is 0 Å². The van der Waals surface area contributed by atoms with E-state index in [1.165, 1.54) is 24.8 Å². The Hall–Kier alpha value is -5.16. The summed E-state index contributed by atoms with van der Waals surface area (Å²) in [6.07, 6.45) is 27.1. The van der Waals surface area contributed by atoms with Gasteiger partial charge in [0.05, 0.1) is 45.6 Å². The topological polar surface area (TPSA) is 75.5 Å². The zero-order valence-corrected chi connectivity index (χ0v) is 27.3. The Labute approximate surface area is 278 Å². The standard InChI is InChI=1S/C42H41N5/c1-3-5-8-14-28(13-6-4-2)41-36-24-23-35(46-36)40(29-15-9-7-10-16-29)34-21-19-30(44-34)27-31-20-22-38(45-31)42(39-26-25-37(41)47-39)32-17-11-12-18-33(32)43/h7,9-12,15-28H,3-6,8,13-14,43H2,1-2H3. The van der Waals surface area contributed by atoms with Crippen LogP contribution in [0.3, 0.4) is 0 Å². The number of rotatable bonds is 10. The third-order valence-electron chi connectivity index (χ3n) is 9.24. The molecule has 0 aliphatic carbocycles. The molecule has 5 nitrogen and oxygen atoms in total. The number of aliphatic imine (C=N–C) groups is 4. The monoisotopic (exact) mass is 615 g/mol. The second-order valence-electron chi connectivity index (χ2n) is 12.5. The summed E-state index contributed by atoms with van der Waals surface area (Å²) in [6, 6.07) is 18.5. The summed E-state index contributed by atoms with van der Waals surface area (Å²) in [6.45, 7) is 4.55. The highest BCUT2D eigenvalue weighted by molar-refractivity contribution is 6.34. The zero-order valence-electron chi connectivity index (χ0n) is 27.3. The van der Waals surface area contributed by atoms with Gasteiger partial charge in [-0.05, 0) is 85.1 Å². The van der Waals surface area contributed by atoms with Gasteiger partial charge in [-0.3, -0.25) is 0 Å². The molecule has 0 amide bonds. The quantitative estimate of drug-likeness (QED) is 0.210. The molecule has 234 valence electrons. The highest BCUT2D eigenvalue weighted by atomic mass is 14.9. The van der Waals surface area contributed by atoms with Crippen molar-refractivity contribution in [2.24, 2.45) is 25.9 Å². The summed E-state index contributed by atoms with van der Waals surface area (Å²) in [5.41, 5.74) is 19.7. The van der Waals surface area contributed by atoms with E-state index in [1.807, 2.05) is 36.4 Å². The van der Waals surface area contributed by atoms with Gasteiger partial charge in [0.1, 0.15) is 0 Å². The van der Waals surface area contributed by atoms with Crippen LogP contribution in [0, 0.1) is 5.92 Å². The van der Waals surface area contributed by atoms with Crippen LogP contribution < -0.4 is 5.73 Å². The number of anilines is 1. The first kappa shape index (κ1) is 30.5. The van der Waals surface area contributed by atoms with Crippen LogP contribution in [-0.2, 0) is 0 Å². The molecule has 0 aromatic heterocycles. The maximum atomic E-state index is 6.60. The van der Waals surface area contributed by atoms with Gasteiger partial charge >= 0.3 is 0 Å². The van der Waals surface area contributed by atoms with Gasteiger partial charge in [0.2, 0.25) is 0 Å². The number of nitrogen functional groups attached to an aromatic ring is 1. The lowest BCUT2D eigenvalue weighted by molar-refractivity contribution is 0.477. The van der Waals surface area contributed by atoms with E-state index in [4.69, 9.17) is 25.7 Å². The molecular formula is C42H41N5.